The first kappa shape index (κ1) is 21.6. The van der Waals surface area contributed by atoms with Crippen molar-refractivity contribution in [2.75, 3.05) is 31.5 Å². The van der Waals surface area contributed by atoms with E-state index in [0.29, 0.717) is 24.3 Å². The second-order valence-electron chi connectivity index (χ2n) is 8.37. The van der Waals surface area contributed by atoms with E-state index < -0.39 is 16.2 Å². The molecule has 1 fully saturated rings. The van der Waals surface area contributed by atoms with Crippen LogP contribution < -0.4 is 10.0 Å². The van der Waals surface area contributed by atoms with Gasteiger partial charge in [-0.1, -0.05) is 54.6 Å². The molecule has 2 aliphatic rings. The van der Waals surface area contributed by atoms with Crippen LogP contribution in [0.3, 0.4) is 0 Å². The second-order valence-corrected chi connectivity index (χ2v) is 10.1. The zero-order chi connectivity index (χ0) is 22.8. The summed E-state index contributed by atoms with van der Waals surface area (Å²) in [5.74, 6) is 0.00319. The first-order valence-electron chi connectivity index (χ1n) is 11.0. The number of piperazine rings is 1. The summed E-state index contributed by atoms with van der Waals surface area (Å²) < 4.78 is 27.8. The normalized spacial score (nSPS) is 20.0. The van der Waals surface area contributed by atoms with E-state index in [-0.39, 0.29) is 10.8 Å². The van der Waals surface area contributed by atoms with E-state index in [1.807, 2.05) is 23.1 Å². The number of benzene rings is 3. The molecule has 0 saturated carbocycles. The van der Waals surface area contributed by atoms with E-state index in [1.165, 1.54) is 5.56 Å². The van der Waals surface area contributed by atoms with Crippen LogP contribution in [0.1, 0.15) is 27.7 Å². The number of sulfonamides is 1. The van der Waals surface area contributed by atoms with E-state index >= 15 is 0 Å². The summed E-state index contributed by atoms with van der Waals surface area (Å²) in [6, 6.07) is 24.3. The fourth-order valence-electron chi connectivity index (χ4n) is 4.33. The molecule has 33 heavy (non-hydrogen) atoms. The van der Waals surface area contributed by atoms with Gasteiger partial charge in [0.1, 0.15) is 11.1 Å². The van der Waals surface area contributed by atoms with Crippen LogP contribution in [0.5, 0.6) is 0 Å². The van der Waals surface area contributed by atoms with Crippen molar-refractivity contribution in [3.8, 4) is 0 Å². The van der Waals surface area contributed by atoms with Gasteiger partial charge in [-0.2, -0.15) is 4.72 Å². The third-order valence-electron chi connectivity index (χ3n) is 6.15. The largest absolute Gasteiger partial charge is 0.364 e. The van der Waals surface area contributed by atoms with Crippen molar-refractivity contribution >= 4 is 21.6 Å². The van der Waals surface area contributed by atoms with Gasteiger partial charge in [-0.05, 0) is 35.4 Å². The van der Waals surface area contributed by atoms with Gasteiger partial charge in [0, 0.05) is 38.3 Å². The Balaban J connectivity index is 1.22. The Hall–Kier alpha value is -3.20. The summed E-state index contributed by atoms with van der Waals surface area (Å²) in [6.45, 7) is 3.95. The highest BCUT2D eigenvalue weighted by molar-refractivity contribution is 7.89. The van der Waals surface area contributed by atoms with E-state index in [2.05, 4.69) is 27.1 Å². The number of hydrogen-bond acceptors (Lipinski definition) is 5. The Bertz CT molecular complexity index is 1240. The summed E-state index contributed by atoms with van der Waals surface area (Å²) in [4.78, 5) is 17.5. The van der Waals surface area contributed by atoms with Gasteiger partial charge in [0.15, 0.2) is 0 Å². The first-order valence-corrected chi connectivity index (χ1v) is 12.5. The third kappa shape index (κ3) is 4.64. The molecule has 8 heteroatoms. The van der Waals surface area contributed by atoms with Crippen molar-refractivity contribution in [1.82, 2.24) is 14.5 Å². The van der Waals surface area contributed by atoms with Crippen LogP contribution in [0.4, 0.5) is 5.69 Å². The number of anilines is 1. The van der Waals surface area contributed by atoms with E-state index in [4.69, 9.17) is 0 Å². The Labute approximate surface area is 194 Å². The number of hydrogen-bond donors (Lipinski definition) is 2. The molecule has 5 rings (SSSR count). The van der Waals surface area contributed by atoms with Crippen molar-refractivity contribution in [3.63, 3.8) is 0 Å². The van der Waals surface area contributed by atoms with E-state index in [1.54, 1.807) is 48.5 Å². The van der Waals surface area contributed by atoms with Gasteiger partial charge in [0.05, 0.1) is 5.69 Å². The van der Waals surface area contributed by atoms with Crippen LogP contribution in [-0.2, 0) is 16.6 Å². The molecule has 7 nitrogen and oxygen atoms in total. The van der Waals surface area contributed by atoms with Crippen LogP contribution in [0, 0.1) is 0 Å². The molecule has 170 valence electrons. The predicted molar refractivity (Wildman–Crippen MR) is 127 cm³/mol. The third-order valence-corrected chi connectivity index (χ3v) is 7.63. The molecule has 0 spiro atoms. The van der Waals surface area contributed by atoms with Crippen LogP contribution >= 0.6 is 0 Å². The zero-order valence-electron chi connectivity index (χ0n) is 18.1. The highest BCUT2D eigenvalue weighted by Crippen LogP contribution is 2.30. The van der Waals surface area contributed by atoms with E-state index in [9.17, 15) is 13.2 Å². The maximum atomic E-state index is 13.0. The number of carbonyl (C=O) groups is 1. The lowest BCUT2D eigenvalue weighted by Gasteiger charge is -2.35. The minimum absolute atomic E-state index is 0.00319. The van der Waals surface area contributed by atoms with Crippen molar-refractivity contribution < 1.29 is 13.2 Å². The Morgan fingerprint density at radius 3 is 2.24 bits per heavy atom. The smallest absolute Gasteiger partial charge is 0.253 e. The highest BCUT2D eigenvalue weighted by Gasteiger charge is 2.30. The monoisotopic (exact) mass is 462 g/mol. The number of amides is 1. The summed E-state index contributed by atoms with van der Waals surface area (Å²) in [5.41, 5.74) is 3.20. The van der Waals surface area contributed by atoms with Crippen molar-refractivity contribution in [1.29, 1.82) is 0 Å². The molecular formula is C25H26N4O3S. The molecule has 3 aromatic carbocycles. The summed E-state index contributed by atoms with van der Waals surface area (Å²) in [7, 11) is -3.60. The minimum atomic E-state index is -3.60. The molecule has 1 amide bonds. The van der Waals surface area contributed by atoms with Crippen molar-refractivity contribution in [2.45, 2.75) is 17.6 Å². The molecule has 1 atom stereocenters. The molecule has 2 N–H and O–H groups in total. The lowest BCUT2D eigenvalue weighted by molar-refractivity contribution is 0.0628. The van der Waals surface area contributed by atoms with Gasteiger partial charge >= 0.3 is 0 Å². The molecular weight excluding hydrogens is 436 g/mol. The molecule has 1 saturated heterocycles. The number of fused-ring (bicyclic) bond motifs is 1. The number of nitrogens with one attached hydrogen (secondary N) is 2. The van der Waals surface area contributed by atoms with Crippen LogP contribution in [-0.4, -0.2) is 50.3 Å². The van der Waals surface area contributed by atoms with Crippen LogP contribution in [0.25, 0.3) is 0 Å². The second kappa shape index (κ2) is 8.97. The van der Waals surface area contributed by atoms with Crippen LogP contribution in [0.15, 0.2) is 83.8 Å². The van der Waals surface area contributed by atoms with Gasteiger partial charge < -0.3 is 10.2 Å². The summed E-state index contributed by atoms with van der Waals surface area (Å²) in [6.07, 6.45) is -0.587. The van der Waals surface area contributed by atoms with E-state index in [0.717, 1.165) is 25.2 Å². The van der Waals surface area contributed by atoms with Gasteiger partial charge in [0.25, 0.3) is 5.91 Å². The summed E-state index contributed by atoms with van der Waals surface area (Å²) in [5, 5.41) is 3.21. The fourth-order valence-corrected chi connectivity index (χ4v) is 5.63. The van der Waals surface area contributed by atoms with Gasteiger partial charge in [0.2, 0.25) is 10.0 Å². The average Bonchev–Trinajstić information content (AvgIpc) is 2.84. The molecule has 2 aliphatic heterocycles. The molecule has 2 heterocycles. The lowest BCUT2D eigenvalue weighted by Crippen LogP contribution is -2.48. The number of nitrogens with zero attached hydrogens (tertiary/aromatic N) is 2. The molecule has 0 aliphatic carbocycles. The number of rotatable bonds is 4. The maximum Gasteiger partial charge on any atom is 0.253 e. The molecule has 0 bridgehead atoms. The van der Waals surface area contributed by atoms with Crippen molar-refractivity contribution in [2.24, 2.45) is 0 Å². The number of para-hydroxylation sites is 1. The quantitative estimate of drug-likeness (QED) is 0.623. The summed E-state index contributed by atoms with van der Waals surface area (Å²) >= 11 is 0. The van der Waals surface area contributed by atoms with Crippen molar-refractivity contribution in [3.05, 3.63) is 95.6 Å². The standard InChI is InChI=1S/C25H26N4O3S/c30-25(29-16-14-28(15-17-29)18-19-6-2-1-3-7-19)21-12-10-20(11-13-21)24-26-22-8-4-5-9-23(22)33(31,32)27-24/h1-13,24,26-27H,14-18H2. The topological polar surface area (TPSA) is 81.7 Å². The zero-order valence-corrected chi connectivity index (χ0v) is 19.0. The Kier molecular flexibility index (Phi) is 5.88. The molecule has 0 radical (unpaired) electrons. The SMILES string of the molecule is O=C(c1ccc(C2Nc3ccccc3S(=O)(=O)N2)cc1)N1CCN(Cc2ccccc2)CC1. The average molecular weight is 463 g/mol. The minimum Gasteiger partial charge on any atom is -0.364 e. The maximum absolute atomic E-state index is 13.0. The predicted octanol–water partition coefficient (Wildman–Crippen LogP) is 3.05. The number of carbonyl (C=O) groups excluding carboxylic acids is 1. The molecule has 1 unspecified atom stereocenters. The molecule has 0 aromatic heterocycles. The Morgan fingerprint density at radius 2 is 1.52 bits per heavy atom. The van der Waals surface area contributed by atoms with Crippen LogP contribution in [0.2, 0.25) is 0 Å². The van der Waals surface area contributed by atoms with Gasteiger partial charge in [-0.15, -0.1) is 0 Å². The lowest BCUT2D eigenvalue weighted by atomic mass is 10.1. The van der Waals surface area contributed by atoms with Gasteiger partial charge in [-0.25, -0.2) is 8.42 Å². The van der Waals surface area contributed by atoms with Gasteiger partial charge in [-0.3, -0.25) is 9.69 Å². The first-order chi connectivity index (χ1) is 16.0. The molecule has 3 aromatic rings. The fraction of sp³-hybridized carbons (Fsp3) is 0.240. The Morgan fingerprint density at radius 1 is 0.848 bits per heavy atom. The highest BCUT2D eigenvalue weighted by atomic mass is 32.2.